The van der Waals surface area contributed by atoms with Gasteiger partial charge in [0.2, 0.25) is 5.91 Å². The largest absolute Gasteiger partial charge is 0.356 e. The van der Waals surface area contributed by atoms with Crippen LogP contribution in [0.5, 0.6) is 0 Å². The van der Waals surface area contributed by atoms with E-state index in [1.807, 2.05) is 0 Å². The van der Waals surface area contributed by atoms with Crippen LogP contribution >= 0.6 is 0 Å². The first kappa shape index (κ1) is 18.4. The van der Waals surface area contributed by atoms with Gasteiger partial charge in [0.15, 0.2) is 11.2 Å². The zero-order valence-corrected chi connectivity index (χ0v) is 15.5. The number of rotatable bonds is 6. The van der Waals surface area contributed by atoms with Gasteiger partial charge in [0, 0.05) is 33.6 Å². The molecule has 1 aliphatic rings. The van der Waals surface area contributed by atoms with E-state index in [4.69, 9.17) is 0 Å². The van der Waals surface area contributed by atoms with E-state index in [1.54, 1.807) is 17.9 Å². The summed E-state index contributed by atoms with van der Waals surface area (Å²) in [4.78, 5) is 40.5. The molecule has 8 nitrogen and oxygen atoms in total. The Labute approximate surface area is 151 Å². The molecule has 0 spiro atoms. The molecule has 1 N–H and O–H groups in total. The van der Waals surface area contributed by atoms with Crippen molar-refractivity contribution >= 4 is 17.1 Å². The lowest BCUT2D eigenvalue weighted by Crippen LogP contribution is -2.37. The summed E-state index contributed by atoms with van der Waals surface area (Å²) in [5.74, 6) is 0.676. The van der Waals surface area contributed by atoms with Crippen molar-refractivity contribution in [3.8, 4) is 0 Å². The van der Waals surface area contributed by atoms with E-state index >= 15 is 0 Å². The van der Waals surface area contributed by atoms with E-state index in [1.165, 1.54) is 43.7 Å². The van der Waals surface area contributed by atoms with Crippen molar-refractivity contribution < 1.29 is 4.79 Å². The molecule has 0 atom stereocenters. The summed E-state index contributed by atoms with van der Waals surface area (Å²) in [6.07, 6.45) is 8.87. The molecule has 0 bridgehead atoms. The van der Waals surface area contributed by atoms with Crippen LogP contribution in [0.15, 0.2) is 15.9 Å². The van der Waals surface area contributed by atoms with Gasteiger partial charge in [0.1, 0.15) is 0 Å². The minimum atomic E-state index is -0.394. The van der Waals surface area contributed by atoms with Crippen LogP contribution < -0.4 is 16.6 Å². The van der Waals surface area contributed by atoms with Crippen LogP contribution in [0.1, 0.15) is 44.9 Å². The van der Waals surface area contributed by atoms with Gasteiger partial charge >= 0.3 is 5.69 Å². The summed E-state index contributed by atoms with van der Waals surface area (Å²) in [7, 11) is 3.06. The maximum Gasteiger partial charge on any atom is 0.332 e. The number of imidazole rings is 1. The predicted molar refractivity (Wildman–Crippen MR) is 99.0 cm³/mol. The summed E-state index contributed by atoms with van der Waals surface area (Å²) in [5.41, 5.74) is 0.0225. The zero-order chi connectivity index (χ0) is 18.7. The van der Waals surface area contributed by atoms with Gasteiger partial charge in [-0.1, -0.05) is 19.3 Å². The van der Waals surface area contributed by atoms with Crippen LogP contribution in [-0.4, -0.2) is 31.1 Å². The number of aryl methyl sites for hydroxylation is 2. The van der Waals surface area contributed by atoms with E-state index in [-0.39, 0.29) is 11.5 Å². The van der Waals surface area contributed by atoms with Gasteiger partial charge in [0.25, 0.3) is 5.56 Å². The lowest BCUT2D eigenvalue weighted by atomic mass is 9.89. The number of fused-ring (bicyclic) bond motifs is 1. The zero-order valence-electron chi connectivity index (χ0n) is 15.5. The van der Waals surface area contributed by atoms with Crippen LogP contribution in [0.2, 0.25) is 0 Å². The SMILES string of the molecule is Cn1c(=O)c2c(ncn2CCCC(=O)NCC2CCCCC2)n(C)c1=O. The summed E-state index contributed by atoms with van der Waals surface area (Å²) in [6, 6.07) is 0. The van der Waals surface area contributed by atoms with Gasteiger partial charge in [-0.25, -0.2) is 9.78 Å². The standard InChI is InChI=1S/C18H27N5O3/c1-21-16-15(17(25)22(2)18(21)26)23(12-20-16)10-6-9-14(24)19-11-13-7-4-3-5-8-13/h12-13H,3-11H2,1-2H3,(H,19,24). The molecule has 0 unspecified atom stereocenters. The van der Waals surface area contributed by atoms with Gasteiger partial charge in [-0.2, -0.15) is 0 Å². The Kier molecular flexibility index (Phi) is 5.58. The molecule has 26 heavy (non-hydrogen) atoms. The van der Waals surface area contributed by atoms with Crippen LogP contribution in [-0.2, 0) is 25.4 Å². The molecule has 142 valence electrons. The second-order valence-electron chi connectivity index (χ2n) is 7.23. The summed E-state index contributed by atoms with van der Waals surface area (Å²) >= 11 is 0. The Bertz CT molecular complexity index is 902. The first-order valence-electron chi connectivity index (χ1n) is 9.36. The summed E-state index contributed by atoms with van der Waals surface area (Å²) in [6.45, 7) is 1.29. The molecule has 1 aliphatic carbocycles. The maximum atomic E-state index is 12.4. The lowest BCUT2D eigenvalue weighted by Gasteiger charge is -2.21. The topological polar surface area (TPSA) is 90.9 Å². The molecule has 1 fully saturated rings. The van der Waals surface area contributed by atoms with Crippen molar-refractivity contribution in [1.29, 1.82) is 0 Å². The fourth-order valence-corrected chi connectivity index (χ4v) is 3.71. The fraction of sp³-hybridized carbons (Fsp3) is 0.667. The molecule has 0 aromatic carbocycles. The fourth-order valence-electron chi connectivity index (χ4n) is 3.71. The first-order valence-corrected chi connectivity index (χ1v) is 9.36. The second-order valence-corrected chi connectivity index (χ2v) is 7.23. The predicted octanol–water partition coefficient (Wildman–Crippen LogP) is 0.910. The maximum absolute atomic E-state index is 12.4. The average Bonchev–Trinajstić information content (AvgIpc) is 3.08. The Morgan fingerprint density at radius 1 is 1.19 bits per heavy atom. The number of nitrogens with zero attached hydrogens (tertiary/aromatic N) is 4. The van der Waals surface area contributed by atoms with Crippen molar-refractivity contribution in [2.24, 2.45) is 20.0 Å². The van der Waals surface area contributed by atoms with Gasteiger partial charge in [-0.3, -0.25) is 18.7 Å². The number of nitrogens with one attached hydrogen (secondary N) is 1. The number of hydrogen-bond donors (Lipinski definition) is 1. The molecule has 0 radical (unpaired) electrons. The minimum absolute atomic E-state index is 0.0558. The van der Waals surface area contributed by atoms with Gasteiger partial charge in [0.05, 0.1) is 6.33 Å². The van der Waals surface area contributed by atoms with E-state index in [0.717, 1.165) is 11.1 Å². The molecule has 0 saturated heterocycles. The van der Waals surface area contributed by atoms with Crippen LogP contribution in [0.3, 0.4) is 0 Å². The number of amides is 1. The number of carbonyl (C=O) groups excluding carboxylic acids is 1. The van der Waals surface area contributed by atoms with Crippen LogP contribution in [0.4, 0.5) is 0 Å². The van der Waals surface area contributed by atoms with Gasteiger partial charge < -0.3 is 9.88 Å². The summed E-state index contributed by atoms with van der Waals surface area (Å²) in [5, 5.41) is 3.03. The highest BCUT2D eigenvalue weighted by atomic mass is 16.2. The lowest BCUT2D eigenvalue weighted by molar-refractivity contribution is -0.121. The molecule has 2 aromatic heterocycles. The third-order valence-electron chi connectivity index (χ3n) is 5.33. The first-order chi connectivity index (χ1) is 12.5. The minimum Gasteiger partial charge on any atom is -0.356 e. The second kappa shape index (κ2) is 7.88. The van der Waals surface area contributed by atoms with Gasteiger partial charge in [-0.15, -0.1) is 0 Å². The number of aromatic nitrogens is 4. The smallest absolute Gasteiger partial charge is 0.332 e. The van der Waals surface area contributed by atoms with E-state index in [0.29, 0.717) is 36.5 Å². The molecule has 8 heteroatoms. The highest BCUT2D eigenvalue weighted by molar-refractivity contribution is 5.75. The van der Waals surface area contributed by atoms with Crippen molar-refractivity contribution in [2.45, 2.75) is 51.5 Å². The van der Waals surface area contributed by atoms with E-state index in [9.17, 15) is 14.4 Å². The number of carbonyl (C=O) groups is 1. The monoisotopic (exact) mass is 361 g/mol. The molecule has 3 rings (SSSR count). The van der Waals surface area contributed by atoms with E-state index < -0.39 is 5.69 Å². The van der Waals surface area contributed by atoms with Crippen LogP contribution in [0.25, 0.3) is 11.2 Å². The normalized spacial score (nSPS) is 15.5. The molecule has 1 saturated carbocycles. The highest BCUT2D eigenvalue weighted by Gasteiger charge is 2.16. The quantitative estimate of drug-likeness (QED) is 0.828. The Morgan fingerprint density at radius 3 is 2.65 bits per heavy atom. The highest BCUT2D eigenvalue weighted by Crippen LogP contribution is 2.22. The average molecular weight is 361 g/mol. The third kappa shape index (κ3) is 3.73. The van der Waals surface area contributed by atoms with Crippen molar-refractivity contribution in [3.05, 3.63) is 27.2 Å². The van der Waals surface area contributed by atoms with Gasteiger partial charge in [-0.05, 0) is 25.2 Å². The molecule has 0 aliphatic heterocycles. The van der Waals surface area contributed by atoms with Crippen LogP contribution in [0, 0.1) is 5.92 Å². The third-order valence-corrected chi connectivity index (χ3v) is 5.33. The van der Waals surface area contributed by atoms with Crippen molar-refractivity contribution in [1.82, 2.24) is 24.0 Å². The van der Waals surface area contributed by atoms with Crippen molar-refractivity contribution in [2.75, 3.05) is 6.54 Å². The summed E-state index contributed by atoms with van der Waals surface area (Å²) < 4.78 is 4.17. The molecule has 2 heterocycles. The molecular formula is C18H27N5O3. The Morgan fingerprint density at radius 2 is 1.92 bits per heavy atom. The van der Waals surface area contributed by atoms with E-state index in [2.05, 4.69) is 10.3 Å². The van der Waals surface area contributed by atoms with Crippen molar-refractivity contribution in [3.63, 3.8) is 0 Å². The molecular weight excluding hydrogens is 334 g/mol. The molecule has 1 amide bonds. The number of hydrogen-bond acceptors (Lipinski definition) is 4. The Balaban J connectivity index is 1.57. The molecule has 2 aromatic rings. The Hall–Kier alpha value is -2.38.